The van der Waals surface area contributed by atoms with E-state index in [0.717, 1.165) is 5.56 Å². The van der Waals surface area contributed by atoms with Gasteiger partial charge in [0.1, 0.15) is 11.8 Å². The van der Waals surface area contributed by atoms with Crippen molar-refractivity contribution in [3.05, 3.63) is 63.1 Å². The number of amides is 2. The summed E-state index contributed by atoms with van der Waals surface area (Å²) in [6.07, 6.45) is 0.465. The van der Waals surface area contributed by atoms with E-state index in [1.807, 2.05) is 26.0 Å². The van der Waals surface area contributed by atoms with Crippen LogP contribution in [0.5, 0.6) is 5.75 Å². The van der Waals surface area contributed by atoms with Crippen molar-refractivity contribution >= 4 is 46.6 Å². The molecule has 0 fully saturated rings. The van der Waals surface area contributed by atoms with Crippen molar-refractivity contribution in [2.75, 3.05) is 13.2 Å². The monoisotopic (exact) mass is 456 g/mol. The first-order valence-corrected chi connectivity index (χ1v) is 10.4. The van der Waals surface area contributed by atoms with Crippen molar-refractivity contribution in [1.29, 1.82) is 0 Å². The molecule has 0 aliphatic heterocycles. The number of carbonyl (C=O) groups excluding carboxylic acids is 2. The minimum absolute atomic E-state index is 0.207. The third kappa shape index (κ3) is 6.81. The topological polar surface area (TPSA) is 58.6 Å². The van der Waals surface area contributed by atoms with Crippen LogP contribution in [-0.4, -0.2) is 35.9 Å². The Hall–Kier alpha value is -1.95. The van der Waals surface area contributed by atoms with E-state index in [2.05, 4.69) is 5.32 Å². The molecule has 0 aliphatic rings. The van der Waals surface area contributed by atoms with Crippen molar-refractivity contribution in [2.45, 2.75) is 32.9 Å². The molecule has 0 saturated heterocycles. The molecule has 1 N–H and O–H groups in total. The summed E-state index contributed by atoms with van der Waals surface area (Å²) in [6, 6.07) is 11.3. The summed E-state index contributed by atoms with van der Waals surface area (Å²) < 4.78 is 5.59. The normalized spacial score (nSPS) is 11.6. The first-order chi connectivity index (χ1) is 13.8. The molecule has 0 heterocycles. The van der Waals surface area contributed by atoms with Gasteiger partial charge >= 0.3 is 0 Å². The van der Waals surface area contributed by atoms with Crippen molar-refractivity contribution < 1.29 is 14.3 Å². The van der Waals surface area contributed by atoms with Gasteiger partial charge in [0.25, 0.3) is 5.91 Å². The second-order valence-electron chi connectivity index (χ2n) is 6.33. The molecule has 29 heavy (non-hydrogen) atoms. The lowest BCUT2D eigenvalue weighted by molar-refractivity contribution is -0.142. The smallest absolute Gasteiger partial charge is 0.261 e. The number of hydrogen-bond acceptors (Lipinski definition) is 3. The first-order valence-electron chi connectivity index (χ1n) is 9.25. The summed E-state index contributed by atoms with van der Waals surface area (Å²) in [4.78, 5) is 27.0. The van der Waals surface area contributed by atoms with E-state index in [0.29, 0.717) is 33.8 Å². The fourth-order valence-corrected chi connectivity index (χ4v) is 3.40. The zero-order valence-corrected chi connectivity index (χ0v) is 18.5. The largest absolute Gasteiger partial charge is 0.482 e. The van der Waals surface area contributed by atoms with Crippen LogP contribution in [0.15, 0.2) is 42.5 Å². The van der Waals surface area contributed by atoms with Crippen molar-refractivity contribution in [3.63, 3.8) is 0 Å². The van der Waals surface area contributed by atoms with Gasteiger partial charge in [0.05, 0.1) is 5.02 Å². The minimum Gasteiger partial charge on any atom is -0.482 e. The Morgan fingerprint density at radius 3 is 2.28 bits per heavy atom. The second-order valence-corrected chi connectivity index (χ2v) is 7.61. The maximum atomic E-state index is 13.0. The van der Waals surface area contributed by atoms with Crippen LogP contribution in [0.4, 0.5) is 0 Å². The van der Waals surface area contributed by atoms with Crippen LogP contribution in [0.25, 0.3) is 0 Å². The summed E-state index contributed by atoms with van der Waals surface area (Å²) in [5.74, 6) is -0.187. The van der Waals surface area contributed by atoms with E-state index in [9.17, 15) is 9.59 Å². The second kappa shape index (κ2) is 11.3. The average molecular weight is 458 g/mol. The molecule has 2 amide bonds. The van der Waals surface area contributed by atoms with Crippen molar-refractivity contribution in [1.82, 2.24) is 10.2 Å². The van der Waals surface area contributed by atoms with Gasteiger partial charge in [-0.25, -0.2) is 0 Å². The third-order valence-corrected chi connectivity index (χ3v) is 5.03. The molecule has 0 bridgehead atoms. The van der Waals surface area contributed by atoms with Gasteiger partial charge in [-0.3, -0.25) is 9.59 Å². The molecule has 5 nitrogen and oxygen atoms in total. The highest BCUT2D eigenvalue weighted by Gasteiger charge is 2.28. The predicted molar refractivity (Wildman–Crippen MR) is 117 cm³/mol. The number of carbonyl (C=O) groups is 2. The van der Waals surface area contributed by atoms with Crippen LogP contribution in [-0.2, 0) is 16.1 Å². The molecule has 0 unspecified atom stereocenters. The maximum absolute atomic E-state index is 13.0. The molecular formula is C21H23Cl3N2O3. The fourth-order valence-electron chi connectivity index (χ4n) is 2.81. The Balaban J connectivity index is 2.20. The SMILES string of the molecule is CCNC(=O)[C@H](CC)N(Cc1ccc(Cl)cc1)C(=O)COc1ccc(Cl)cc1Cl. The zero-order valence-electron chi connectivity index (χ0n) is 16.3. The van der Waals surface area contributed by atoms with E-state index in [1.54, 1.807) is 24.3 Å². The van der Waals surface area contributed by atoms with Gasteiger partial charge in [-0.15, -0.1) is 0 Å². The molecule has 156 valence electrons. The summed E-state index contributed by atoms with van der Waals surface area (Å²) in [7, 11) is 0. The van der Waals surface area contributed by atoms with E-state index in [4.69, 9.17) is 39.5 Å². The van der Waals surface area contributed by atoms with Crippen LogP contribution in [0.3, 0.4) is 0 Å². The summed E-state index contributed by atoms with van der Waals surface area (Å²) in [6.45, 7) is 4.17. The lowest BCUT2D eigenvalue weighted by Crippen LogP contribution is -2.50. The van der Waals surface area contributed by atoms with Gasteiger partial charge in [-0.05, 0) is 49.2 Å². The summed E-state index contributed by atoms with van der Waals surface area (Å²) in [5.41, 5.74) is 0.857. The van der Waals surface area contributed by atoms with Crippen molar-refractivity contribution in [3.8, 4) is 5.75 Å². The first kappa shape index (κ1) is 23.3. The lowest BCUT2D eigenvalue weighted by atomic mass is 10.1. The summed E-state index contributed by atoms with van der Waals surface area (Å²) in [5, 5.41) is 4.17. The summed E-state index contributed by atoms with van der Waals surface area (Å²) >= 11 is 17.9. The predicted octanol–water partition coefficient (Wildman–Crippen LogP) is 4.97. The van der Waals surface area contributed by atoms with Crippen LogP contribution in [0.1, 0.15) is 25.8 Å². The molecule has 2 rings (SSSR count). The molecule has 0 aliphatic carbocycles. The van der Waals surface area contributed by atoms with Gasteiger partial charge in [-0.1, -0.05) is 53.9 Å². The fraction of sp³-hybridized carbons (Fsp3) is 0.333. The quantitative estimate of drug-likeness (QED) is 0.578. The zero-order chi connectivity index (χ0) is 21.4. The van der Waals surface area contributed by atoms with Gasteiger partial charge < -0.3 is 15.0 Å². The van der Waals surface area contributed by atoms with E-state index >= 15 is 0 Å². The lowest BCUT2D eigenvalue weighted by Gasteiger charge is -2.30. The van der Waals surface area contributed by atoms with Crippen LogP contribution in [0.2, 0.25) is 15.1 Å². The Kier molecular flexibility index (Phi) is 9.08. The Bertz CT molecular complexity index is 844. The Morgan fingerprint density at radius 2 is 1.69 bits per heavy atom. The van der Waals surface area contributed by atoms with Gasteiger partial charge in [0.2, 0.25) is 5.91 Å². The molecule has 0 aromatic heterocycles. The number of ether oxygens (including phenoxy) is 1. The van der Waals surface area contributed by atoms with Crippen LogP contribution >= 0.6 is 34.8 Å². The van der Waals surface area contributed by atoms with E-state index in [-0.39, 0.29) is 25.0 Å². The number of nitrogens with zero attached hydrogens (tertiary/aromatic N) is 1. The number of hydrogen-bond donors (Lipinski definition) is 1. The van der Waals surface area contributed by atoms with E-state index < -0.39 is 6.04 Å². The average Bonchev–Trinajstić information content (AvgIpc) is 2.68. The molecule has 2 aromatic carbocycles. The molecule has 2 aromatic rings. The highest BCUT2D eigenvalue weighted by Crippen LogP contribution is 2.27. The number of benzene rings is 2. The van der Waals surface area contributed by atoms with E-state index in [1.165, 1.54) is 11.0 Å². The Morgan fingerprint density at radius 1 is 1.03 bits per heavy atom. The molecule has 0 radical (unpaired) electrons. The molecule has 0 spiro atoms. The maximum Gasteiger partial charge on any atom is 0.261 e. The van der Waals surface area contributed by atoms with Crippen molar-refractivity contribution in [2.24, 2.45) is 0 Å². The molecule has 1 atom stereocenters. The molecule has 0 saturated carbocycles. The van der Waals surface area contributed by atoms with Gasteiger partial charge in [-0.2, -0.15) is 0 Å². The number of nitrogens with one attached hydrogen (secondary N) is 1. The van der Waals surface area contributed by atoms with Crippen LogP contribution in [0, 0.1) is 0 Å². The highest BCUT2D eigenvalue weighted by molar-refractivity contribution is 6.35. The molecular weight excluding hydrogens is 435 g/mol. The minimum atomic E-state index is -0.623. The Labute approximate surface area is 185 Å². The third-order valence-electron chi connectivity index (χ3n) is 4.25. The van der Waals surface area contributed by atoms with Gasteiger partial charge in [0, 0.05) is 23.1 Å². The number of rotatable bonds is 9. The molecule has 8 heteroatoms. The van der Waals surface area contributed by atoms with Crippen LogP contribution < -0.4 is 10.1 Å². The van der Waals surface area contributed by atoms with Gasteiger partial charge in [0.15, 0.2) is 6.61 Å². The number of halogens is 3. The number of likely N-dealkylation sites (N-methyl/N-ethyl adjacent to an activating group) is 1. The highest BCUT2D eigenvalue weighted by atomic mass is 35.5. The standard InChI is InChI=1S/C21H23Cl3N2O3/c1-3-18(21(28)25-4-2)26(12-14-5-7-15(22)8-6-14)20(27)13-29-19-10-9-16(23)11-17(19)24/h5-11,18H,3-4,12-13H2,1-2H3,(H,25,28)/t18-/m0/s1.